The SMILES string of the molecule is COc1cc(NC(=S)/N=C(/Nc2nc(C)cc(C)n2)N2CCN(c3ccccc3)CC2)c(OC)cc1Cl. The van der Waals surface area contributed by atoms with Gasteiger partial charge in [0.05, 0.1) is 24.9 Å². The summed E-state index contributed by atoms with van der Waals surface area (Å²) in [5.74, 6) is 2.05. The normalized spacial score (nSPS) is 13.8. The molecule has 1 saturated heterocycles. The second kappa shape index (κ2) is 12.1. The van der Waals surface area contributed by atoms with E-state index in [1.807, 2.05) is 26.0 Å². The van der Waals surface area contributed by atoms with E-state index >= 15 is 0 Å². The van der Waals surface area contributed by atoms with Crippen molar-refractivity contribution in [2.24, 2.45) is 4.99 Å². The molecule has 1 fully saturated rings. The fourth-order valence-electron chi connectivity index (χ4n) is 4.07. The molecule has 0 aliphatic carbocycles. The highest BCUT2D eigenvalue weighted by atomic mass is 35.5. The summed E-state index contributed by atoms with van der Waals surface area (Å²) < 4.78 is 10.8. The third kappa shape index (κ3) is 6.78. The van der Waals surface area contributed by atoms with Crippen LogP contribution in [0.4, 0.5) is 17.3 Å². The highest BCUT2D eigenvalue weighted by molar-refractivity contribution is 7.80. The molecule has 2 heterocycles. The minimum absolute atomic E-state index is 0.236. The molecule has 1 aliphatic heterocycles. The number of aryl methyl sites for hydroxylation is 2. The van der Waals surface area contributed by atoms with Crippen molar-refractivity contribution < 1.29 is 9.47 Å². The van der Waals surface area contributed by atoms with Crippen molar-refractivity contribution in [3.63, 3.8) is 0 Å². The maximum absolute atomic E-state index is 6.25. The fraction of sp³-hybridized carbons (Fsp3) is 0.308. The van der Waals surface area contributed by atoms with Gasteiger partial charge in [-0.1, -0.05) is 29.8 Å². The number of nitrogens with one attached hydrogen (secondary N) is 2. The van der Waals surface area contributed by atoms with Gasteiger partial charge < -0.3 is 24.6 Å². The number of guanidine groups is 1. The molecule has 0 spiro atoms. The smallest absolute Gasteiger partial charge is 0.229 e. The lowest BCUT2D eigenvalue weighted by molar-refractivity contribution is 0.385. The number of anilines is 3. The number of rotatable bonds is 5. The van der Waals surface area contributed by atoms with E-state index in [4.69, 9.17) is 38.3 Å². The number of aromatic nitrogens is 2. The minimum atomic E-state index is 0.236. The summed E-state index contributed by atoms with van der Waals surface area (Å²) >= 11 is 11.9. The lowest BCUT2D eigenvalue weighted by atomic mass is 10.2. The van der Waals surface area contributed by atoms with Crippen LogP contribution in [-0.2, 0) is 0 Å². The monoisotopic (exact) mass is 539 g/mol. The van der Waals surface area contributed by atoms with Crippen LogP contribution in [0.1, 0.15) is 11.4 Å². The van der Waals surface area contributed by atoms with Crippen LogP contribution in [0.5, 0.6) is 11.5 Å². The number of aliphatic imine (C=N–C) groups is 1. The number of ether oxygens (including phenoxy) is 2. The number of nitrogens with zero attached hydrogens (tertiary/aromatic N) is 5. The van der Waals surface area contributed by atoms with Crippen molar-refractivity contribution >= 4 is 52.2 Å². The van der Waals surface area contributed by atoms with Gasteiger partial charge in [0.1, 0.15) is 11.5 Å². The first-order chi connectivity index (χ1) is 17.9. The molecule has 11 heteroatoms. The van der Waals surface area contributed by atoms with Crippen LogP contribution in [-0.4, -0.2) is 66.3 Å². The third-order valence-corrected chi connectivity index (χ3v) is 6.32. The number of hydrogen-bond acceptors (Lipinski definition) is 6. The van der Waals surface area contributed by atoms with E-state index in [0.717, 1.165) is 37.6 Å². The second-order valence-electron chi connectivity index (χ2n) is 8.46. The number of methoxy groups -OCH3 is 2. The molecule has 0 amide bonds. The molecule has 2 N–H and O–H groups in total. The van der Waals surface area contributed by atoms with Crippen LogP contribution in [0, 0.1) is 13.8 Å². The predicted molar refractivity (Wildman–Crippen MR) is 154 cm³/mol. The molecule has 3 aromatic rings. The van der Waals surface area contributed by atoms with E-state index in [2.05, 4.69) is 54.7 Å². The Morgan fingerprint density at radius 1 is 0.919 bits per heavy atom. The molecule has 4 rings (SSSR count). The Morgan fingerprint density at radius 2 is 1.57 bits per heavy atom. The van der Waals surface area contributed by atoms with Crippen molar-refractivity contribution in [2.75, 3.05) is 55.9 Å². The van der Waals surface area contributed by atoms with Gasteiger partial charge in [-0.3, -0.25) is 5.32 Å². The first-order valence-electron chi connectivity index (χ1n) is 11.8. The number of halogens is 1. The number of benzene rings is 2. The molecule has 0 atom stereocenters. The van der Waals surface area contributed by atoms with E-state index in [1.165, 1.54) is 5.69 Å². The average Bonchev–Trinajstić information content (AvgIpc) is 2.89. The zero-order chi connectivity index (χ0) is 26.4. The van der Waals surface area contributed by atoms with Crippen molar-refractivity contribution in [1.82, 2.24) is 14.9 Å². The fourth-order valence-corrected chi connectivity index (χ4v) is 4.50. The predicted octanol–water partition coefficient (Wildman–Crippen LogP) is 4.75. The largest absolute Gasteiger partial charge is 0.495 e. The van der Waals surface area contributed by atoms with Gasteiger partial charge >= 0.3 is 0 Å². The molecular formula is C26H30ClN7O2S. The summed E-state index contributed by atoms with van der Waals surface area (Å²) in [4.78, 5) is 18.3. The molecular weight excluding hydrogens is 510 g/mol. The lowest BCUT2D eigenvalue weighted by Crippen LogP contribution is -2.51. The van der Waals surface area contributed by atoms with E-state index in [9.17, 15) is 0 Å². The molecule has 9 nitrogen and oxygen atoms in total. The second-order valence-corrected chi connectivity index (χ2v) is 9.26. The highest BCUT2D eigenvalue weighted by Crippen LogP contribution is 2.36. The average molecular weight is 540 g/mol. The Kier molecular flexibility index (Phi) is 8.62. The van der Waals surface area contributed by atoms with Gasteiger partial charge in [0.2, 0.25) is 17.0 Å². The maximum Gasteiger partial charge on any atom is 0.229 e. The topological polar surface area (TPSA) is 87.1 Å². The van der Waals surface area contributed by atoms with Gasteiger partial charge in [0, 0.05) is 55.4 Å². The quantitative estimate of drug-likeness (QED) is 0.271. The molecule has 0 bridgehead atoms. The number of para-hydroxylation sites is 1. The van der Waals surface area contributed by atoms with Crippen molar-refractivity contribution in [2.45, 2.75) is 13.8 Å². The first-order valence-corrected chi connectivity index (χ1v) is 12.6. The zero-order valence-corrected chi connectivity index (χ0v) is 22.9. The van der Waals surface area contributed by atoms with Crippen LogP contribution in [0.3, 0.4) is 0 Å². The van der Waals surface area contributed by atoms with E-state index < -0.39 is 0 Å². The van der Waals surface area contributed by atoms with E-state index in [1.54, 1.807) is 26.4 Å². The Labute approximate surface area is 227 Å². The summed E-state index contributed by atoms with van der Waals surface area (Å²) in [6.07, 6.45) is 0. The standard InChI is InChI=1S/C26H30ClN7O2S/c1-17-14-18(2)29-24(28-17)31-25(34-12-10-33(11-13-34)19-8-6-5-7-9-19)32-26(37)30-21-16-22(35-3)20(27)15-23(21)36-4/h5-9,14-16H,10-13H2,1-4H3,(H2,28,29,30,31,32,37). The van der Waals surface area contributed by atoms with Crippen LogP contribution in [0.2, 0.25) is 5.02 Å². The Hall–Kier alpha value is -3.63. The number of piperazine rings is 1. The van der Waals surface area contributed by atoms with Crippen LogP contribution in [0.25, 0.3) is 0 Å². The maximum atomic E-state index is 6.25. The van der Waals surface area contributed by atoms with Gasteiger partial charge in [-0.25, -0.2) is 9.97 Å². The number of thiocarbonyl (C=S) groups is 1. The van der Waals surface area contributed by atoms with E-state index in [-0.39, 0.29) is 5.11 Å². The molecule has 0 unspecified atom stereocenters. The van der Waals surface area contributed by atoms with E-state index in [0.29, 0.717) is 34.1 Å². The molecule has 194 valence electrons. The summed E-state index contributed by atoms with van der Waals surface area (Å²) in [5.41, 5.74) is 3.52. The van der Waals surface area contributed by atoms with Gasteiger partial charge in [0.25, 0.3) is 0 Å². The van der Waals surface area contributed by atoms with Gasteiger partial charge in [-0.05, 0) is 44.3 Å². The molecule has 1 aliphatic rings. The summed E-state index contributed by atoms with van der Waals surface area (Å²) in [6.45, 7) is 7.02. The Bertz CT molecular complexity index is 1260. The number of hydrogen-bond donors (Lipinski definition) is 2. The zero-order valence-electron chi connectivity index (χ0n) is 21.3. The minimum Gasteiger partial charge on any atom is -0.495 e. The molecule has 2 aromatic carbocycles. The van der Waals surface area contributed by atoms with Gasteiger partial charge in [0.15, 0.2) is 0 Å². The first kappa shape index (κ1) is 26.4. The van der Waals surface area contributed by atoms with Crippen LogP contribution in [0.15, 0.2) is 53.5 Å². The highest BCUT2D eigenvalue weighted by Gasteiger charge is 2.22. The molecule has 1 aromatic heterocycles. The Morgan fingerprint density at radius 3 is 2.19 bits per heavy atom. The van der Waals surface area contributed by atoms with Crippen molar-refractivity contribution in [3.05, 3.63) is 64.9 Å². The van der Waals surface area contributed by atoms with Crippen molar-refractivity contribution in [3.8, 4) is 11.5 Å². The van der Waals surface area contributed by atoms with Crippen LogP contribution < -0.4 is 25.0 Å². The molecule has 0 radical (unpaired) electrons. The van der Waals surface area contributed by atoms with Crippen LogP contribution >= 0.6 is 23.8 Å². The molecule has 0 saturated carbocycles. The third-order valence-electron chi connectivity index (χ3n) is 5.83. The van der Waals surface area contributed by atoms with Crippen molar-refractivity contribution in [1.29, 1.82) is 0 Å². The van der Waals surface area contributed by atoms with Gasteiger partial charge in [-0.2, -0.15) is 4.99 Å². The lowest BCUT2D eigenvalue weighted by Gasteiger charge is -2.37. The van der Waals surface area contributed by atoms with Gasteiger partial charge in [-0.15, -0.1) is 0 Å². The summed E-state index contributed by atoms with van der Waals surface area (Å²) in [7, 11) is 3.11. The summed E-state index contributed by atoms with van der Waals surface area (Å²) in [6, 6.07) is 15.7. The summed E-state index contributed by atoms with van der Waals surface area (Å²) in [5, 5.41) is 7.10. The molecule has 37 heavy (non-hydrogen) atoms. The Balaban J connectivity index is 1.58.